The van der Waals surface area contributed by atoms with Crippen LogP contribution in [0.2, 0.25) is 0 Å². The molecular weight excluding hydrogens is 404 g/mol. The van der Waals surface area contributed by atoms with Crippen LogP contribution in [0, 0.1) is 0 Å². The Hall–Kier alpha value is -2.52. The van der Waals surface area contributed by atoms with E-state index in [1.54, 1.807) is 7.05 Å². The van der Waals surface area contributed by atoms with Gasteiger partial charge >= 0.3 is 6.09 Å². The maximum absolute atomic E-state index is 11.5. The molecule has 0 aromatic carbocycles. The molecule has 7 N–H and O–H groups in total. The zero-order valence-electron chi connectivity index (χ0n) is 17.1. The molecule has 0 aliphatic rings. The number of rotatable bonds is 18. The summed E-state index contributed by atoms with van der Waals surface area (Å²) in [6.45, 7) is 1.76. The molecule has 174 valence electrons. The Balaban J connectivity index is 3.33. The van der Waals surface area contributed by atoms with Gasteiger partial charge < -0.3 is 40.6 Å². The summed E-state index contributed by atoms with van der Waals surface area (Å²) in [5.41, 5.74) is 9.77. The van der Waals surface area contributed by atoms with E-state index in [-0.39, 0.29) is 51.9 Å². The quantitative estimate of drug-likeness (QED) is 0.0917. The molecule has 0 aliphatic carbocycles. The van der Waals surface area contributed by atoms with Crippen molar-refractivity contribution in [2.24, 2.45) is 5.73 Å². The van der Waals surface area contributed by atoms with Gasteiger partial charge in [0.1, 0.15) is 6.61 Å². The van der Waals surface area contributed by atoms with E-state index in [0.29, 0.717) is 26.4 Å². The third-order valence-electron chi connectivity index (χ3n) is 3.08. The van der Waals surface area contributed by atoms with Crippen LogP contribution in [0.4, 0.5) is 4.79 Å². The molecule has 0 bridgehead atoms. The van der Waals surface area contributed by atoms with Gasteiger partial charge in [-0.15, -0.1) is 0 Å². The summed E-state index contributed by atoms with van der Waals surface area (Å²) in [5.74, 6) is -1.32. The van der Waals surface area contributed by atoms with Crippen molar-refractivity contribution in [3.05, 3.63) is 0 Å². The lowest BCUT2D eigenvalue weighted by Gasteiger charge is -2.09. The van der Waals surface area contributed by atoms with Crippen molar-refractivity contribution >= 4 is 23.8 Å². The minimum atomic E-state index is -0.580. The molecule has 0 saturated carbocycles. The van der Waals surface area contributed by atoms with Crippen molar-refractivity contribution in [1.82, 2.24) is 26.8 Å². The minimum absolute atomic E-state index is 0.136. The molecule has 0 aliphatic heterocycles. The lowest BCUT2D eigenvalue weighted by molar-refractivity contribution is -0.127. The molecule has 4 amide bonds. The van der Waals surface area contributed by atoms with E-state index in [2.05, 4.69) is 26.8 Å². The fraction of sp³-hybridized carbons (Fsp3) is 0.750. The number of nitrogens with two attached hydrogens (primary N) is 1. The number of hydrazine groups is 1. The Morgan fingerprint density at radius 2 is 1.20 bits per heavy atom. The van der Waals surface area contributed by atoms with E-state index < -0.39 is 17.9 Å². The summed E-state index contributed by atoms with van der Waals surface area (Å²) in [4.78, 5) is 44.7. The standard InChI is InChI=1S/C16H32N6O8/c1-18-22-16(26)30-9-8-29-7-6-28-5-4-27-3-2-19-14(24)11-21-15(25)12-20-13(23)10-17/h18H,2-12,17H2,1H3,(H,19,24)(H,20,23)(H,21,25)(H,22,26). The first-order chi connectivity index (χ1) is 14.5. The van der Waals surface area contributed by atoms with Crippen LogP contribution in [0.15, 0.2) is 0 Å². The Labute approximate surface area is 174 Å². The number of hydrogen-bond acceptors (Lipinski definition) is 10. The van der Waals surface area contributed by atoms with Crippen LogP contribution in [0.1, 0.15) is 0 Å². The van der Waals surface area contributed by atoms with Crippen molar-refractivity contribution in [3.8, 4) is 0 Å². The van der Waals surface area contributed by atoms with E-state index in [0.717, 1.165) is 0 Å². The summed E-state index contributed by atoms with van der Waals surface area (Å²) in [7, 11) is 1.55. The van der Waals surface area contributed by atoms with Crippen molar-refractivity contribution < 1.29 is 38.1 Å². The third kappa shape index (κ3) is 18.8. The fourth-order valence-electron chi connectivity index (χ4n) is 1.69. The van der Waals surface area contributed by atoms with E-state index in [4.69, 9.17) is 24.7 Å². The Morgan fingerprint density at radius 1 is 0.700 bits per heavy atom. The van der Waals surface area contributed by atoms with Gasteiger partial charge in [-0.1, -0.05) is 0 Å². The van der Waals surface area contributed by atoms with Crippen LogP contribution in [0.3, 0.4) is 0 Å². The zero-order chi connectivity index (χ0) is 22.5. The maximum atomic E-state index is 11.5. The first-order valence-corrected chi connectivity index (χ1v) is 9.32. The highest BCUT2D eigenvalue weighted by atomic mass is 16.6. The normalized spacial score (nSPS) is 10.2. The van der Waals surface area contributed by atoms with Gasteiger partial charge in [-0.25, -0.2) is 10.2 Å². The molecular formula is C16H32N6O8. The van der Waals surface area contributed by atoms with E-state index >= 15 is 0 Å². The molecule has 0 spiro atoms. The van der Waals surface area contributed by atoms with Gasteiger partial charge in [-0.2, -0.15) is 0 Å². The van der Waals surface area contributed by atoms with Crippen molar-refractivity contribution in [1.29, 1.82) is 0 Å². The number of nitrogens with one attached hydrogen (secondary N) is 5. The van der Waals surface area contributed by atoms with Gasteiger partial charge in [0.05, 0.1) is 59.3 Å². The molecule has 0 aromatic heterocycles. The Kier molecular flexibility index (Phi) is 18.1. The second-order valence-corrected chi connectivity index (χ2v) is 5.46. The molecule has 0 rings (SSSR count). The fourth-order valence-corrected chi connectivity index (χ4v) is 1.69. The third-order valence-corrected chi connectivity index (χ3v) is 3.08. The number of hydrogen-bond donors (Lipinski definition) is 6. The highest BCUT2D eigenvalue weighted by molar-refractivity contribution is 5.88. The van der Waals surface area contributed by atoms with Crippen molar-refractivity contribution in [2.45, 2.75) is 0 Å². The van der Waals surface area contributed by atoms with Crippen LogP contribution in [0.5, 0.6) is 0 Å². The highest BCUT2D eigenvalue weighted by Gasteiger charge is 2.06. The van der Waals surface area contributed by atoms with Gasteiger partial charge in [0.15, 0.2) is 0 Å². The molecule has 0 aromatic rings. The lowest BCUT2D eigenvalue weighted by Crippen LogP contribution is -2.43. The highest BCUT2D eigenvalue weighted by Crippen LogP contribution is 1.83. The largest absolute Gasteiger partial charge is 0.446 e. The second kappa shape index (κ2) is 19.8. The summed E-state index contributed by atoms with van der Waals surface area (Å²) in [5, 5.41) is 7.21. The Bertz CT molecular complexity index is 508. The zero-order valence-corrected chi connectivity index (χ0v) is 17.1. The molecule has 14 heteroatoms. The number of carbonyl (C=O) groups excluding carboxylic acids is 4. The first kappa shape index (κ1) is 27.5. The maximum Gasteiger partial charge on any atom is 0.421 e. The van der Waals surface area contributed by atoms with Gasteiger partial charge in [0.25, 0.3) is 0 Å². The average molecular weight is 436 g/mol. The molecule has 0 heterocycles. The molecule has 0 unspecified atom stereocenters. The van der Waals surface area contributed by atoms with Crippen LogP contribution < -0.4 is 32.5 Å². The smallest absolute Gasteiger partial charge is 0.421 e. The number of ether oxygens (including phenoxy) is 4. The molecule has 14 nitrogen and oxygen atoms in total. The lowest BCUT2D eigenvalue weighted by atomic mass is 10.5. The number of carbonyl (C=O) groups is 4. The minimum Gasteiger partial charge on any atom is -0.446 e. The summed E-state index contributed by atoms with van der Waals surface area (Å²) in [6, 6.07) is 0. The van der Waals surface area contributed by atoms with Crippen molar-refractivity contribution in [2.75, 3.05) is 79.5 Å². The average Bonchev–Trinajstić information content (AvgIpc) is 2.73. The van der Waals surface area contributed by atoms with Gasteiger partial charge in [0.2, 0.25) is 17.7 Å². The van der Waals surface area contributed by atoms with Gasteiger partial charge in [0, 0.05) is 13.6 Å². The van der Waals surface area contributed by atoms with Crippen LogP contribution in [-0.4, -0.2) is 103 Å². The van der Waals surface area contributed by atoms with Crippen LogP contribution in [-0.2, 0) is 33.3 Å². The van der Waals surface area contributed by atoms with E-state index in [1.807, 2.05) is 0 Å². The Morgan fingerprint density at radius 3 is 1.77 bits per heavy atom. The van der Waals surface area contributed by atoms with Gasteiger partial charge in [-0.05, 0) is 0 Å². The molecule has 0 atom stereocenters. The first-order valence-electron chi connectivity index (χ1n) is 9.32. The predicted octanol–water partition coefficient (Wildman–Crippen LogP) is -3.80. The van der Waals surface area contributed by atoms with Gasteiger partial charge in [-0.3, -0.25) is 19.8 Å². The van der Waals surface area contributed by atoms with E-state index in [1.165, 1.54) is 0 Å². The molecule has 0 saturated heterocycles. The SMILES string of the molecule is CNNC(=O)OCCOCCOCCOCCNC(=O)CNC(=O)CNC(=O)CN. The topological polar surface area (TPSA) is 191 Å². The van der Waals surface area contributed by atoms with Crippen LogP contribution >= 0.6 is 0 Å². The molecule has 30 heavy (non-hydrogen) atoms. The van der Waals surface area contributed by atoms with Crippen molar-refractivity contribution in [3.63, 3.8) is 0 Å². The molecule has 0 radical (unpaired) electrons. The summed E-state index contributed by atoms with van der Waals surface area (Å²) >= 11 is 0. The monoisotopic (exact) mass is 436 g/mol. The van der Waals surface area contributed by atoms with Crippen LogP contribution in [0.25, 0.3) is 0 Å². The summed E-state index contributed by atoms with van der Waals surface area (Å²) in [6.07, 6.45) is -0.580. The second-order valence-electron chi connectivity index (χ2n) is 5.46. The number of amides is 4. The summed E-state index contributed by atoms with van der Waals surface area (Å²) < 4.78 is 20.5. The van der Waals surface area contributed by atoms with E-state index in [9.17, 15) is 19.2 Å². The molecule has 0 fully saturated rings. The predicted molar refractivity (Wildman–Crippen MR) is 104 cm³/mol.